The Balaban J connectivity index is 2.19. The van der Waals surface area contributed by atoms with Gasteiger partial charge in [0.05, 0.1) is 26.6 Å². The van der Waals surface area contributed by atoms with E-state index in [1.165, 1.54) is 0 Å². The maximum absolute atomic E-state index is 5.28. The summed E-state index contributed by atoms with van der Waals surface area (Å²) in [5, 5.41) is 8.13. The van der Waals surface area contributed by atoms with E-state index in [0.29, 0.717) is 0 Å². The van der Waals surface area contributed by atoms with Crippen molar-refractivity contribution in [3.05, 3.63) is 56.5 Å². The van der Waals surface area contributed by atoms with E-state index < -0.39 is 0 Å². The van der Waals surface area contributed by atoms with Crippen molar-refractivity contribution in [1.29, 1.82) is 0 Å². The molecule has 0 N–H and O–H groups in total. The van der Waals surface area contributed by atoms with Gasteiger partial charge < -0.3 is 9.47 Å². The number of halogens is 2. The molecule has 0 radical (unpaired) electrons. The summed E-state index contributed by atoms with van der Waals surface area (Å²) in [6.07, 6.45) is 3.29. The smallest absolute Gasteiger partial charge is 0.127 e. The van der Waals surface area contributed by atoms with E-state index in [9.17, 15) is 0 Å². The molecule has 6 heteroatoms. The van der Waals surface area contributed by atoms with Crippen LogP contribution in [0.3, 0.4) is 0 Å². The van der Waals surface area contributed by atoms with Crippen molar-refractivity contribution >= 4 is 44.3 Å². The van der Waals surface area contributed by atoms with Gasteiger partial charge in [0.15, 0.2) is 0 Å². The first-order valence-corrected chi connectivity index (χ1v) is 7.96. The van der Waals surface area contributed by atoms with Crippen LogP contribution in [0.25, 0.3) is 0 Å². The van der Waals surface area contributed by atoms with Gasteiger partial charge in [0.1, 0.15) is 11.5 Å². The zero-order valence-corrected chi connectivity index (χ0v) is 15.3. The van der Waals surface area contributed by atoms with Crippen molar-refractivity contribution in [1.82, 2.24) is 0 Å². The maximum Gasteiger partial charge on any atom is 0.127 e. The van der Waals surface area contributed by atoms with Gasteiger partial charge in [-0.2, -0.15) is 10.2 Å². The zero-order valence-electron chi connectivity index (χ0n) is 12.1. The first-order chi connectivity index (χ1) is 10.6. The predicted octanol–water partition coefficient (Wildman–Crippen LogP) is 4.68. The van der Waals surface area contributed by atoms with E-state index in [1.807, 2.05) is 36.4 Å². The molecular formula is C16H14Br2N2O2. The van der Waals surface area contributed by atoms with Gasteiger partial charge in [0.2, 0.25) is 0 Å². The zero-order chi connectivity index (χ0) is 15.9. The van der Waals surface area contributed by atoms with Crippen LogP contribution in [-0.2, 0) is 0 Å². The molecule has 0 spiro atoms. The minimum absolute atomic E-state index is 0.738. The van der Waals surface area contributed by atoms with Crippen LogP contribution in [0, 0.1) is 0 Å². The summed E-state index contributed by atoms with van der Waals surface area (Å²) in [5.41, 5.74) is 1.69. The van der Waals surface area contributed by atoms with Gasteiger partial charge in [-0.3, -0.25) is 0 Å². The van der Waals surface area contributed by atoms with Crippen LogP contribution in [-0.4, -0.2) is 26.6 Å². The van der Waals surface area contributed by atoms with Gasteiger partial charge in [-0.15, -0.1) is 0 Å². The largest absolute Gasteiger partial charge is 0.496 e. The Morgan fingerprint density at radius 2 is 1.18 bits per heavy atom. The lowest BCUT2D eigenvalue weighted by atomic mass is 10.2. The first-order valence-electron chi connectivity index (χ1n) is 6.37. The highest BCUT2D eigenvalue weighted by Crippen LogP contribution is 2.22. The molecule has 0 heterocycles. The molecule has 0 aliphatic heterocycles. The number of methoxy groups -OCH3 is 2. The highest BCUT2D eigenvalue weighted by molar-refractivity contribution is 9.10. The quantitative estimate of drug-likeness (QED) is 0.515. The average Bonchev–Trinajstić information content (AvgIpc) is 2.52. The lowest BCUT2D eigenvalue weighted by molar-refractivity contribution is 0.414. The van der Waals surface area contributed by atoms with Crippen molar-refractivity contribution in [3.8, 4) is 11.5 Å². The molecule has 0 aliphatic rings. The second-order valence-corrected chi connectivity index (χ2v) is 6.09. The monoisotopic (exact) mass is 424 g/mol. The molecule has 22 heavy (non-hydrogen) atoms. The average molecular weight is 426 g/mol. The van der Waals surface area contributed by atoms with Gasteiger partial charge in [-0.1, -0.05) is 31.9 Å². The van der Waals surface area contributed by atoms with E-state index in [4.69, 9.17) is 9.47 Å². The summed E-state index contributed by atoms with van der Waals surface area (Å²) >= 11 is 6.84. The molecule has 2 aromatic carbocycles. The molecule has 0 aromatic heterocycles. The van der Waals surface area contributed by atoms with Crippen LogP contribution >= 0.6 is 31.9 Å². The maximum atomic E-state index is 5.28. The number of benzene rings is 2. The molecule has 4 nitrogen and oxygen atoms in total. The highest BCUT2D eigenvalue weighted by atomic mass is 79.9. The molecule has 0 saturated carbocycles. The van der Waals surface area contributed by atoms with Crippen LogP contribution in [0.15, 0.2) is 55.5 Å². The highest BCUT2D eigenvalue weighted by Gasteiger charge is 2.01. The Hall–Kier alpha value is -1.66. The molecule has 114 valence electrons. The summed E-state index contributed by atoms with van der Waals surface area (Å²) in [5.74, 6) is 1.48. The van der Waals surface area contributed by atoms with Crippen LogP contribution in [0.5, 0.6) is 11.5 Å². The van der Waals surface area contributed by atoms with Gasteiger partial charge in [-0.05, 0) is 36.4 Å². The molecule has 0 saturated heterocycles. The number of rotatable bonds is 5. The Morgan fingerprint density at radius 1 is 0.773 bits per heavy atom. The van der Waals surface area contributed by atoms with Crippen LogP contribution in [0.1, 0.15) is 11.1 Å². The fourth-order valence-electron chi connectivity index (χ4n) is 1.80. The van der Waals surface area contributed by atoms with E-state index in [2.05, 4.69) is 42.1 Å². The fourth-order valence-corrected chi connectivity index (χ4v) is 2.56. The molecule has 0 bridgehead atoms. The second-order valence-electron chi connectivity index (χ2n) is 4.26. The topological polar surface area (TPSA) is 43.2 Å². The number of hydrogen-bond acceptors (Lipinski definition) is 4. The Morgan fingerprint density at radius 3 is 1.55 bits per heavy atom. The van der Waals surface area contributed by atoms with Gasteiger partial charge in [0, 0.05) is 20.1 Å². The second kappa shape index (κ2) is 8.10. The molecule has 2 rings (SSSR count). The normalized spacial score (nSPS) is 11.3. The molecule has 0 fully saturated rings. The molecule has 0 atom stereocenters. The van der Waals surface area contributed by atoms with Gasteiger partial charge in [-0.25, -0.2) is 0 Å². The summed E-state index contributed by atoms with van der Waals surface area (Å²) in [4.78, 5) is 0. The van der Waals surface area contributed by atoms with Gasteiger partial charge >= 0.3 is 0 Å². The van der Waals surface area contributed by atoms with E-state index in [0.717, 1.165) is 31.6 Å². The lowest BCUT2D eigenvalue weighted by Gasteiger charge is -2.04. The summed E-state index contributed by atoms with van der Waals surface area (Å²) in [6.45, 7) is 0. The summed E-state index contributed by atoms with van der Waals surface area (Å²) in [7, 11) is 3.24. The van der Waals surface area contributed by atoms with Crippen molar-refractivity contribution in [3.63, 3.8) is 0 Å². The minimum Gasteiger partial charge on any atom is -0.496 e. The number of hydrogen-bond donors (Lipinski definition) is 0. The number of ether oxygens (including phenoxy) is 2. The van der Waals surface area contributed by atoms with E-state index in [1.54, 1.807) is 26.6 Å². The molecular weight excluding hydrogens is 412 g/mol. The standard InChI is InChI=1S/C16H14Br2N2O2/c1-21-15-5-3-13(17)7-11(15)9-19-20-10-12-8-14(18)4-6-16(12)22-2/h3-10H,1-2H3/b19-9+,20-10+. The molecule has 0 unspecified atom stereocenters. The minimum atomic E-state index is 0.738. The van der Waals surface area contributed by atoms with Crippen molar-refractivity contribution in [2.24, 2.45) is 10.2 Å². The summed E-state index contributed by atoms with van der Waals surface area (Å²) in [6, 6.07) is 11.4. The van der Waals surface area contributed by atoms with E-state index >= 15 is 0 Å². The lowest BCUT2D eigenvalue weighted by Crippen LogP contribution is -1.91. The van der Waals surface area contributed by atoms with Crippen LogP contribution < -0.4 is 9.47 Å². The molecule has 2 aromatic rings. The third-order valence-corrected chi connectivity index (χ3v) is 3.83. The predicted molar refractivity (Wildman–Crippen MR) is 96.6 cm³/mol. The number of nitrogens with zero attached hydrogens (tertiary/aromatic N) is 2. The third-order valence-electron chi connectivity index (χ3n) is 2.84. The van der Waals surface area contributed by atoms with Crippen molar-refractivity contribution < 1.29 is 9.47 Å². The summed E-state index contributed by atoms with van der Waals surface area (Å²) < 4.78 is 12.5. The molecule has 0 amide bonds. The van der Waals surface area contributed by atoms with Crippen LogP contribution in [0.4, 0.5) is 0 Å². The Bertz CT molecular complexity index is 654. The van der Waals surface area contributed by atoms with Crippen molar-refractivity contribution in [2.75, 3.05) is 14.2 Å². The Kier molecular flexibility index (Phi) is 6.15. The Labute approximate surface area is 146 Å². The SMILES string of the molecule is COc1ccc(Br)cc1/C=N/N=C/c1cc(Br)ccc1OC. The first kappa shape index (κ1) is 16.7. The van der Waals surface area contributed by atoms with E-state index in [-0.39, 0.29) is 0 Å². The third kappa shape index (κ3) is 4.42. The van der Waals surface area contributed by atoms with Crippen LogP contribution in [0.2, 0.25) is 0 Å². The molecule has 0 aliphatic carbocycles. The van der Waals surface area contributed by atoms with Gasteiger partial charge in [0.25, 0.3) is 0 Å². The van der Waals surface area contributed by atoms with Crippen molar-refractivity contribution in [2.45, 2.75) is 0 Å². The fraction of sp³-hybridized carbons (Fsp3) is 0.125.